The molecule has 0 spiro atoms. The van der Waals surface area contributed by atoms with Gasteiger partial charge in [0.2, 0.25) is 11.8 Å². The van der Waals surface area contributed by atoms with Crippen molar-refractivity contribution in [1.82, 2.24) is 9.80 Å². The summed E-state index contributed by atoms with van der Waals surface area (Å²) in [6, 6.07) is 0. The molecule has 1 heterocycles. The molecule has 0 aromatic heterocycles. The molecule has 2 N–H and O–H groups in total. The number of hydrogen-bond donors (Lipinski definition) is 1. The first-order chi connectivity index (χ1) is 7.65. The van der Waals surface area contributed by atoms with E-state index in [-0.39, 0.29) is 11.8 Å². The molecule has 1 aliphatic heterocycles. The van der Waals surface area contributed by atoms with Crippen molar-refractivity contribution in [2.45, 2.75) is 19.3 Å². The molecule has 0 aromatic rings. The van der Waals surface area contributed by atoms with E-state index in [1.54, 1.807) is 4.90 Å². The standard InChI is InChI=1S/C11H20N3O2/c1-10(15)13-6-8-14(9-7-13)11(16)4-2-3-5-12/h1-9,12H2. The molecule has 0 aromatic carbocycles. The van der Waals surface area contributed by atoms with Gasteiger partial charge in [-0.2, -0.15) is 0 Å². The van der Waals surface area contributed by atoms with Crippen LogP contribution in [0.3, 0.4) is 0 Å². The van der Waals surface area contributed by atoms with Crippen LogP contribution < -0.4 is 5.73 Å². The topological polar surface area (TPSA) is 66.6 Å². The van der Waals surface area contributed by atoms with Crippen molar-refractivity contribution in [1.29, 1.82) is 0 Å². The maximum Gasteiger partial charge on any atom is 0.223 e. The smallest absolute Gasteiger partial charge is 0.223 e. The molecule has 0 unspecified atom stereocenters. The summed E-state index contributed by atoms with van der Waals surface area (Å²) in [7, 11) is 0. The van der Waals surface area contributed by atoms with Gasteiger partial charge >= 0.3 is 0 Å². The Labute approximate surface area is 96.6 Å². The summed E-state index contributed by atoms with van der Waals surface area (Å²) in [6.45, 7) is 6.46. The third kappa shape index (κ3) is 3.81. The van der Waals surface area contributed by atoms with Crippen molar-refractivity contribution in [2.24, 2.45) is 5.73 Å². The minimum atomic E-state index is -0.157. The zero-order valence-corrected chi connectivity index (χ0v) is 9.65. The molecule has 91 valence electrons. The number of amides is 2. The summed E-state index contributed by atoms with van der Waals surface area (Å²) in [5.41, 5.74) is 5.37. The highest BCUT2D eigenvalue weighted by Gasteiger charge is 2.21. The fourth-order valence-corrected chi connectivity index (χ4v) is 1.78. The number of piperazine rings is 1. The highest BCUT2D eigenvalue weighted by atomic mass is 16.2. The number of unbranched alkanes of at least 4 members (excludes halogenated alkanes) is 1. The molecule has 1 rings (SSSR count). The van der Waals surface area contributed by atoms with Gasteiger partial charge in [-0.1, -0.05) is 0 Å². The van der Waals surface area contributed by atoms with Crippen LogP contribution in [-0.4, -0.2) is 54.3 Å². The van der Waals surface area contributed by atoms with Gasteiger partial charge < -0.3 is 15.5 Å². The molecule has 5 heteroatoms. The average Bonchev–Trinajstić information content (AvgIpc) is 2.29. The minimum absolute atomic E-state index is 0.157. The molecule has 0 bridgehead atoms. The van der Waals surface area contributed by atoms with Crippen LogP contribution in [0.2, 0.25) is 0 Å². The lowest BCUT2D eigenvalue weighted by atomic mass is 10.2. The highest BCUT2D eigenvalue weighted by Crippen LogP contribution is 2.06. The number of carbonyl (C=O) groups is 2. The number of nitrogens with two attached hydrogens (primary N) is 1. The first-order valence-electron chi connectivity index (χ1n) is 5.74. The van der Waals surface area contributed by atoms with E-state index >= 15 is 0 Å². The van der Waals surface area contributed by atoms with Crippen LogP contribution in [-0.2, 0) is 9.59 Å². The summed E-state index contributed by atoms with van der Waals surface area (Å²) in [5, 5.41) is 0. The monoisotopic (exact) mass is 226 g/mol. The predicted octanol–water partition coefficient (Wildman–Crippen LogP) is -0.380. The van der Waals surface area contributed by atoms with Gasteiger partial charge in [-0.05, 0) is 19.4 Å². The summed E-state index contributed by atoms with van der Waals surface area (Å²) in [4.78, 5) is 26.2. The van der Waals surface area contributed by atoms with Gasteiger partial charge in [0.15, 0.2) is 0 Å². The van der Waals surface area contributed by atoms with Gasteiger partial charge in [-0.3, -0.25) is 9.59 Å². The Morgan fingerprint density at radius 2 is 1.62 bits per heavy atom. The lowest BCUT2D eigenvalue weighted by molar-refractivity contribution is -0.137. The fraction of sp³-hybridized carbons (Fsp3) is 0.727. The Morgan fingerprint density at radius 1 is 1.06 bits per heavy atom. The highest BCUT2D eigenvalue weighted by molar-refractivity contribution is 5.81. The maximum absolute atomic E-state index is 11.7. The lowest BCUT2D eigenvalue weighted by Crippen LogP contribution is -2.50. The third-order valence-corrected chi connectivity index (χ3v) is 2.83. The van der Waals surface area contributed by atoms with Crippen LogP contribution >= 0.6 is 0 Å². The van der Waals surface area contributed by atoms with Crippen LogP contribution in [0.4, 0.5) is 0 Å². The Bertz CT molecular complexity index is 248. The van der Waals surface area contributed by atoms with E-state index in [4.69, 9.17) is 5.73 Å². The van der Waals surface area contributed by atoms with Gasteiger partial charge in [0.1, 0.15) is 0 Å². The van der Waals surface area contributed by atoms with Crippen molar-refractivity contribution in [3.05, 3.63) is 6.92 Å². The van der Waals surface area contributed by atoms with Crippen LogP contribution in [0.25, 0.3) is 0 Å². The maximum atomic E-state index is 11.7. The predicted molar refractivity (Wildman–Crippen MR) is 61.4 cm³/mol. The molecular formula is C11H20N3O2. The second-order valence-electron chi connectivity index (χ2n) is 4.01. The lowest BCUT2D eigenvalue weighted by Gasteiger charge is -2.34. The quantitative estimate of drug-likeness (QED) is 0.664. The van der Waals surface area contributed by atoms with E-state index in [0.29, 0.717) is 39.1 Å². The Kier molecular flexibility index (Phi) is 5.25. The molecule has 2 amide bonds. The number of nitrogens with zero attached hydrogens (tertiary/aromatic N) is 2. The van der Waals surface area contributed by atoms with Gasteiger partial charge in [-0.25, -0.2) is 0 Å². The SMILES string of the molecule is [CH2]C(=O)N1CCN(C(=O)CCCCN)CC1. The van der Waals surface area contributed by atoms with E-state index in [9.17, 15) is 9.59 Å². The third-order valence-electron chi connectivity index (χ3n) is 2.83. The first-order valence-corrected chi connectivity index (χ1v) is 5.74. The largest absolute Gasteiger partial charge is 0.339 e. The van der Waals surface area contributed by atoms with E-state index in [2.05, 4.69) is 6.92 Å². The normalized spacial score (nSPS) is 16.4. The molecule has 0 saturated carbocycles. The second-order valence-corrected chi connectivity index (χ2v) is 4.01. The molecule has 1 fully saturated rings. The van der Waals surface area contributed by atoms with E-state index in [1.807, 2.05) is 4.90 Å². The zero-order chi connectivity index (χ0) is 12.0. The van der Waals surface area contributed by atoms with Gasteiger partial charge in [0.25, 0.3) is 0 Å². The molecule has 0 aliphatic carbocycles. The molecule has 0 atom stereocenters. The number of hydrogen-bond acceptors (Lipinski definition) is 3. The summed E-state index contributed by atoms with van der Waals surface area (Å²) in [5.74, 6) is 0.0137. The zero-order valence-electron chi connectivity index (χ0n) is 9.65. The van der Waals surface area contributed by atoms with Crippen LogP contribution in [0, 0.1) is 6.92 Å². The number of rotatable bonds is 4. The van der Waals surface area contributed by atoms with Crippen molar-refractivity contribution in [3.8, 4) is 0 Å². The van der Waals surface area contributed by atoms with Crippen LogP contribution in [0.5, 0.6) is 0 Å². The Balaban J connectivity index is 2.25. The number of carbonyl (C=O) groups excluding carboxylic acids is 2. The van der Waals surface area contributed by atoms with Crippen LogP contribution in [0.1, 0.15) is 19.3 Å². The van der Waals surface area contributed by atoms with Crippen molar-refractivity contribution in [2.75, 3.05) is 32.7 Å². The first kappa shape index (κ1) is 13.0. The van der Waals surface area contributed by atoms with Crippen molar-refractivity contribution >= 4 is 11.8 Å². The second kappa shape index (κ2) is 6.48. The molecule has 16 heavy (non-hydrogen) atoms. The van der Waals surface area contributed by atoms with Gasteiger partial charge in [0.05, 0.1) is 0 Å². The van der Waals surface area contributed by atoms with Gasteiger partial charge in [0, 0.05) is 39.5 Å². The fourth-order valence-electron chi connectivity index (χ4n) is 1.78. The average molecular weight is 226 g/mol. The van der Waals surface area contributed by atoms with Crippen molar-refractivity contribution < 1.29 is 9.59 Å². The van der Waals surface area contributed by atoms with E-state index < -0.39 is 0 Å². The summed E-state index contributed by atoms with van der Waals surface area (Å²) >= 11 is 0. The minimum Gasteiger partial charge on any atom is -0.339 e. The Hall–Kier alpha value is -1.10. The van der Waals surface area contributed by atoms with E-state index in [0.717, 1.165) is 12.8 Å². The molecule has 1 radical (unpaired) electrons. The Morgan fingerprint density at radius 3 is 2.12 bits per heavy atom. The molecular weight excluding hydrogens is 206 g/mol. The summed E-state index contributed by atoms with van der Waals surface area (Å²) < 4.78 is 0. The van der Waals surface area contributed by atoms with Crippen molar-refractivity contribution in [3.63, 3.8) is 0 Å². The molecule has 1 aliphatic rings. The molecule has 1 saturated heterocycles. The van der Waals surface area contributed by atoms with Gasteiger partial charge in [-0.15, -0.1) is 0 Å². The summed E-state index contributed by atoms with van der Waals surface area (Å²) in [6.07, 6.45) is 2.31. The molecule has 5 nitrogen and oxygen atoms in total. The van der Waals surface area contributed by atoms with Crippen LogP contribution in [0.15, 0.2) is 0 Å². The van der Waals surface area contributed by atoms with E-state index in [1.165, 1.54) is 0 Å².